The van der Waals surface area contributed by atoms with Gasteiger partial charge in [-0.25, -0.2) is 0 Å². The van der Waals surface area contributed by atoms with Crippen LogP contribution in [0.15, 0.2) is 0 Å². The van der Waals surface area contributed by atoms with Crippen LogP contribution in [0.25, 0.3) is 0 Å². The van der Waals surface area contributed by atoms with Crippen LogP contribution in [0, 0.1) is 17.3 Å². The number of rotatable bonds is 7. The summed E-state index contributed by atoms with van der Waals surface area (Å²) in [5.74, 6) is 1.93. The molecule has 0 nitrogen and oxygen atoms in total. The summed E-state index contributed by atoms with van der Waals surface area (Å²) in [6, 6.07) is 0. The first-order chi connectivity index (χ1) is 6.94. The van der Waals surface area contributed by atoms with Gasteiger partial charge in [-0.3, -0.25) is 0 Å². The molecule has 0 saturated heterocycles. The van der Waals surface area contributed by atoms with Crippen molar-refractivity contribution in [2.75, 3.05) is 0 Å². The molecule has 0 saturated carbocycles. The highest BCUT2D eigenvalue weighted by Crippen LogP contribution is 2.35. The lowest BCUT2D eigenvalue weighted by molar-refractivity contribution is 0.196. The molecule has 0 spiro atoms. The molecule has 0 N–H and O–H groups in total. The van der Waals surface area contributed by atoms with Crippen molar-refractivity contribution in [3.05, 3.63) is 0 Å². The van der Waals surface area contributed by atoms with Gasteiger partial charge in [-0.2, -0.15) is 0 Å². The Morgan fingerprint density at radius 3 is 1.53 bits per heavy atom. The standard InChI is InChI=1S/C15H32/c1-7-10-14(11-8-2)13(9-3)12-15(4,5)6/h13-14H,7-12H2,1-6H3. The van der Waals surface area contributed by atoms with E-state index >= 15 is 0 Å². The van der Waals surface area contributed by atoms with Crippen LogP contribution in [0.2, 0.25) is 0 Å². The first-order valence-electron chi connectivity index (χ1n) is 6.94. The zero-order chi connectivity index (χ0) is 11.9. The second-order valence-electron chi connectivity index (χ2n) is 6.27. The molecule has 92 valence electrons. The third-order valence-electron chi connectivity index (χ3n) is 3.38. The first kappa shape index (κ1) is 15.0. The molecule has 0 amide bonds. The van der Waals surface area contributed by atoms with Crippen molar-refractivity contribution in [3.8, 4) is 0 Å². The van der Waals surface area contributed by atoms with E-state index in [4.69, 9.17) is 0 Å². The van der Waals surface area contributed by atoms with Crippen LogP contribution in [0.5, 0.6) is 0 Å². The van der Waals surface area contributed by atoms with Gasteiger partial charge in [0.15, 0.2) is 0 Å². The van der Waals surface area contributed by atoms with Crippen molar-refractivity contribution < 1.29 is 0 Å². The average molecular weight is 212 g/mol. The predicted octanol–water partition coefficient (Wildman–Crippen LogP) is 5.67. The second-order valence-corrected chi connectivity index (χ2v) is 6.27. The highest BCUT2D eigenvalue weighted by molar-refractivity contribution is 4.74. The minimum atomic E-state index is 0.500. The third-order valence-corrected chi connectivity index (χ3v) is 3.38. The third kappa shape index (κ3) is 6.98. The summed E-state index contributed by atoms with van der Waals surface area (Å²) in [4.78, 5) is 0. The maximum atomic E-state index is 2.38. The Balaban J connectivity index is 4.30. The van der Waals surface area contributed by atoms with E-state index in [2.05, 4.69) is 41.5 Å². The van der Waals surface area contributed by atoms with Gasteiger partial charge in [-0.15, -0.1) is 0 Å². The molecule has 0 heterocycles. The summed E-state index contributed by atoms with van der Waals surface area (Å²) >= 11 is 0. The molecule has 0 fully saturated rings. The van der Waals surface area contributed by atoms with E-state index in [9.17, 15) is 0 Å². The topological polar surface area (TPSA) is 0 Å². The van der Waals surface area contributed by atoms with E-state index in [1.807, 2.05) is 0 Å². The second kappa shape index (κ2) is 7.30. The fourth-order valence-corrected chi connectivity index (χ4v) is 2.79. The molecule has 0 aromatic carbocycles. The van der Waals surface area contributed by atoms with E-state index in [1.54, 1.807) is 0 Å². The molecule has 0 radical (unpaired) electrons. The van der Waals surface area contributed by atoms with Crippen molar-refractivity contribution in [2.45, 2.75) is 80.1 Å². The van der Waals surface area contributed by atoms with E-state index in [1.165, 1.54) is 38.5 Å². The fourth-order valence-electron chi connectivity index (χ4n) is 2.79. The zero-order valence-electron chi connectivity index (χ0n) is 11.9. The highest BCUT2D eigenvalue weighted by atomic mass is 14.3. The van der Waals surface area contributed by atoms with Gasteiger partial charge in [0, 0.05) is 0 Å². The summed E-state index contributed by atoms with van der Waals surface area (Å²) in [5.41, 5.74) is 0.500. The van der Waals surface area contributed by atoms with Crippen molar-refractivity contribution in [3.63, 3.8) is 0 Å². The van der Waals surface area contributed by atoms with Crippen molar-refractivity contribution >= 4 is 0 Å². The zero-order valence-corrected chi connectivity index (χ0v) is 11.9. The van der Waals surface area contributed by atoms with Gasteiger partial charge in [0.05, 0.1) is 0 Å². The van der Waals surface area contributed by atoms with Gasteiger partial charge >= 0.3 is 0 Å². The SMILES string of the molecule is CCCC(CCC)C(CC)CC(C)(C)C. The Hall–Kier alpha value is 0. The maximum absolute atomic E-state index is 2.38. The van der Waals surface area contributed by atoms with Crippen LogP contribution in [0.4, 0.5) is 0 Å². The predicted molar refractivity (Wildman–Crippen MR) is 71.2 cm³/mol. The van der Waals surface area contributed by atoms with Gasteiger partial charge in [0.1, 0.15) is 0 Å². The molecular formula is C15H32. The van der Waals surface area contributed by atoms with E-state index < -0.39 is 0 Å². The Morgan fingerprint density at radius 1 is 0.800 bits per heavy atom. The Bertz CT molecular complexity index is 135. The molecule has 0 heteroatoms. The molecular weight excluding hydrogens is 180 g/mol. The molecule has 0 aliphatic carbocycles. The Labute approximate surface area is 97.8 Å². The summed E-state index contributed by atoms with van der Waals surface area (Å²) in [6.45, 7) is 14.2. The van der Waals surface area contributed by atoms with Gasteiger partial charge in [0.2, 0.25) is 0 Å². The molecule has 15 heavy (non-hydrogen) atoms. The Kier molecular flexibility index (Phi) is 7.30. The highest BCUT2D eigenvalue weighted by Gasteiger charge is 2.23. The lowest BCUT2D eigenvalue weighted by atomic mass is 9.74. The fraction of sp³-hybridized carbons (Fsp3) is 1.00. The summed E-state index contributed by atoms with van der Waals surface area (Å²) < 4.78 is 0. The molecule has 0 rings (SSSR count). The van der Waals surface area contributed by atoms with E-state index in [0.717, 1.165) is 11.8 Å². The van der Waals surface area contributed by atoms with E-state index in [-0.39, 0.29) is 0 Å². The largest absolute Gasteiger partial charge is 0.0654 e. The molecule has 1 atom stereocenters. The monoisotopic (exact) mass is 212 g/mol. The number of hydrogen-bond acceptors (Lipinski definition) is 0. The van der Waals surface area contributed by atoms with Crippen LogP contribution in [-0.2, 0) is 0 Å². The molecule has 1 unspecified atom stereocenters. The number of hydrogen-bond donors (Lipinski definition) is 0. The smallest absolute Gasteiger partial charge is 0.0380 e. The molecule has 0 bridgehead atoms. The van der Waals surface area contributed by atoms with Crippen molar-refractivity contribution in [1.29, 1.82) is 0 Å². The molecule has 0 aliphatic heterocycles. The lowest BCUT2D eigenvalue weighted by Gasteiger charge is -2.31. The van der Waals surface area contributed by atoms with Gasteiger partial charge in [-0.05, 0) is 23.7 Å². The molecule has 0 aromatic heterocycles. The van der Waals surface area contributed by atoms with Crippen LogP contribution >= 0.6 is 0 Å². The summed E-state index contributed by atoms with van der Waals surface area (Å²) in [6.07, 6.45) is 8.33. The molecule has 0 aliphatic rings. The Morgan fingerprint density at radius 2 is 1.27 bits per heavy atom. The summed E-state index contributed by atoms with van der Waals surface area (Å²) in [5, 5.41) is 0. The van der Waals surface area contributed by atoms with Crippen LogP contribution in [0.1, 0.15) is 80.1 Å². The average Bonchev–Trinajstić information content (AvgIpc) is 2.12. The van der Waals surface area contributed by atoms with Crippen LogP contribution in [-0.4, -0.2) is 0 Å². The van der Waals surface area contributed by atoms with Crippen LogP contribution in [0.3, 0.4) is 0 Å². The quantitative estimate of drug-likeness (QED) is 0.510. The summed E-state index contributed by atoms with van der Waals surface area (Å²) in [7, 11) is 0. The first-order valence-corrected chi connectivity index (χ1v) is 6.94. The van der Waals surface area contributed by atoms with Gasteiger partial charge in [-0.1, -0.05) is 73.6 Å². The van der Waals surface area contributed by atoms with Crippen molar-refractivity contribution in [1.82, 2.24) is 0 Å². The van der Waals surface area contributed by atoms with Crippen LogP contribution < -0.4 is 0 Å². The van der Waals surface area contributed by atoms with Crippen molar-refractivity contribution in [2.24, 2.45) is 17.3 Å². The minimum absolute atomic E-state index is 0.500. The van der Waals surface area contributed by atoms with E-state index in [0.29, 0.717) is 5.41 Å². The maximum Gasteiger partial charge on any atom is -0.0380 e. The minimum Gasteiger partial charge on any atom is -0.0654 e. The van der Waals surface area contributed by atoms with Gasteiger partial charge in [0.25, 0.3) is 0 Å². The normalized spacial score (nSPS) is 14.6. The lowest BCUT2D eigenvalue weighted by Crippen LogP contribution is -2.20. The van der Waals surface area contributed by atoms with Gasteiger partial charge < -0.3 is 0 Å². The molecule has 0 aromatic rings.